The number of carbonyl (C=O) groups is 1. The molecule has 0 aromatic heterocycles. The monoisotopic (exact) mass is 305 g/mol. The van der Waals surface area contributed by atoms with Crippen molar-refractivity contribution in [1.29, 1.82) is 0 Å². The van der Waals surface area contributed by atoms with E-state index in [1.807, 2.05) is 0 Å². The zero-order valence-electron chi connectivity index (χ0n) is 12.0. The summed E-state index contributed by atoms with van der Waals surface area (Å²) in [5.41, 5.74) is -1.18. The van der Waals surface area contributed by atoms with Gasteiger partial charge in [-0.05, 0) is 38.5 Å². The zero-order chi connectivity index (χ0) is 16.3. The third kappa shape index (κ3) is 6.03. The molecular weight excluding hydrogens is 287 g/mol. The molecule has 0 aliphatic carbocycles. The second-order valence-electron chi connectivity index (χ2n) is 5.52. The normalized spacial score (nSPS) is 13.7. The summed E-state index contributed by atoms with van der Waals surface area (Å²) in [6, 6.07) is 4.10. The first kappa shape index (κ1) is 17.3. The van der Waals surface area contributed by atoms with Gasteiger partial charge in [-0.3, -0.25) is 0 Å². The molecule has 0 radical (unpaired) electrons. The lowest BCUT2D eigenvalue weighted by Crippen LogP contribution is -2.34. The lowest BCUT2D eigenvalue weighted by molar-refractivity contribution is -0.137. The third-order valence-electron chi connectivity index (χ3n) is 2.46. The largest absolute Gasteiger partial charge is 0.444 e. The maximum atomic E-state index is 12.4. The predicted octanol–water partition coefficient (Wildman–Crippen LogP) is 3.26. The molecule has 0 bridgehead atoms. The molecule has 118 valence electrons. The molecule has 0 fully saturated rings. The first-order valence-corrected chi connectivity index (χ1v) is 6.31. The van der Waals surface area contributed by atoms with Crippen molar-refractivity contribution in [2.45, 2.75) is 38.7 Å². The van der Waals surface area contributed by atoms with Crippen LogP contribution in [0.1, 0.15) is 38.0 Å². The van der Waals surface area contributed by atoms with Crippen LogP contribution in [-0.4, -0.2) is 23.3 Å². The van der Waals surface area contributed by atoms with Gasteiger partial charge in [-0.15, -0.1) is 0 Å². The van der Waals surface area contributed by atoms with Crippen molar-refractivity contribution in [1.82, 2.24) is 5.32 Å². The molecular formula is C14H18F3NO3. The van der Waals surface area contributed by atoms with Crippen LogP contribution in [0.4, 0.5) is 18.0 Å². The highest BCUT2D eigenvalue weighted by atomic mass is 19.4. The summed E-state index contributed by atoms with van der Waals surface area (Å²) in [6.07, 6.45) is -6.23. The van der Waals surface area contributed by atoms with Crippen molar-refractivity contribution in [3.63, 3.8) is 0 Å². The van der Waals surface area contributed by atoms with Crippen LogP contribution in [0.15, 0.2) is 24.3 Å². The number of nitrogens with one attached hydrogen (secondary N) is 1. The van der Waals surface area contributed by atoms with E-state index >= 15 is 0 Å². The molecule has 1 amide bonds. The number of rotatable bonds is 3. The van der Waals surface area contributed by atoms with Gasteiger partial charge in [0, 0.05) is 0 Å². The van der Waals surface area contributed by atoms with Gasteiger partial charge in [-0.2, -0.15) is 13.2 Å². The van der Waals surface area contributed by atoms with Gasteiger partial charge in [0.05, 0.1) is 18.2 Å². The molecule has 0 saturated heterocycles. The highest BCUT2D eigenvalue weighted by Gasteiger charge is 2.30. The Morgan fingerprint density at radius 2 is 1.76 bits per heavy atom. The number of benzene rings is 1. The molecule has 0 saturated carbocycles. The topological polar surface area (TPSA) is 58.6 Å². The average Bonchev–Trinajstić information content (AvgIpc) is 2.33. The summed E-state index contributed by atoms with van der Waals surface area (Å²) < 4.78 is 42.2. The van der Waals surface area contributed by atoms with Gasteiger partial charge in [-0.1, -0.05) is 12.1 Å². The number of hydrogen-bond acceptors (Lipinski definition) is 3. The maximum absolute atomic E-state index is 12.4. The van der Waals surface area contributed by atoms with E-state index in [0.717, 1.165) is 12.1 Å². The Hall–Kier alpha value is -1.76. The smallest absolute Gasteiger partial charge is 0.416 e. The Kier molecular flexibility index (Phi) is 5.22. The molecule has 1 aromatic rings. The molecule has 0 aliphatic rings. The Morgan fingerprint density at radius 1 is 1.24 bits per heavy atom. The lowest BCUT2D eigenvalue weighted by atomic mass is 10.1. The van der Waals surface area contributed by atoms with Gasteiger partial charge in [-0.25, -0.2) is 4.79 Å². The number of ether oxygens (including phenoxy) is 1. The number of aliphatic hydroxyl groups is 1. The lowest BCUT2D eigenvalue weighted by Gasteiger charge is -2.20. The average molecular weight is 305 g/mol. The molecule has 4 nitrogen and oxygen atoms in total. The summed E-state index contributed by atoms with van der Waals surface area (Å²) >= 11 is 0. The van der Waals surface area contributed by atoms with E-state index < -0.39 is 29.5 Å². The number of carbonyl (C=O) groups excluding carboxylic acids is 1. The minimum Gasteiger partial charge on any atom is -0.444 e. The summed E-state index contributed by atoms with van der Waals surface area (Å²) in [5, 5.41) is 12.2. The molecule has 1 atom stereocenters. The van der Waals surface area contributed by atoms with Crippen LogP contribution >= 0.6 is 0 Å². The van der Waals surface area contributed by atoms with Gasteiger partial charge < -0.3 is 15.2 Å². The van der Waals surface area contributed by atoms with Gasteiger partial charge in [0.25, 0.3) is 0 Å². The van der Waals surface area contributed by atoms with Crippen molar-refractivity contribution in [2.75, 3.05) is 6.54 Å². The second kappa shape index (κ2) is 6.34. The van der Waals surface area contributed by atoms with E-state index in [-0.39, 0.29) is 12.1 Å². The molecule has 21 heavy (non-hydrogen) atoms. The highest BCUT2D eigenvalue weighted by Crippen LogP contribution is 2.29. The number of amides is 1. The van der Waals surface area contributed by atoms with Crippen LogP contribution in [0.3, 0.4) is 0 Å². The number of hydrogen-bond donors (Lipinski definition) is 2. The van der Waals surface area contributed by atoms with Crippen molar-refractivity contribution in [2.24, 2.45) is 0 Å². The summed E-state index contributed by atoms with van der Waals surface area (Å²) in [5.74, 6) is 0. The van der Waals surface area contributed by atoms with Crippen LogP contribution in [0.2, 0.25) is 0 Å². The predicted molar refractivity (Wildman–Crippen MR) is 70.6 cm³/mol. The third-order valence-corrected chi connectivity index (χ3v) is 2.46. The van der Waals surface area contributed by atoms with Gasteiger partial charge in [0.2, 0.25) is 0 Å². The first-order chi connectivity index (χ1) is 9.49. The second-order valence-corrected chi connectivity index (χ2v) is 5.52. The molecule has 7 heteroatoms. The number of aliphatic hydroxyl groups excluding tert-OH is 1. The van der Waals surface area contributed by atoms with Gasteiger partial charge in [0.15, 0.2) is 0 Å². The zero-order valence-corrected chi connectivity index (χ0v) is 12.0. The number of halogens is 3. The van der Waals surface area contributed by atoms with Crippen LogP contribution in [0, 0.1) is 0 Å². The van der Waals surface area contributed by atoms with Crippen molar-refractivity contribution < 1.29 is 27.8 Å². The number of alkyl halides is 3. The molecule has 0 spiro atoms. The molecule has 1 rings (SSSR count). The van der Waals surface area contributed by atoms with E-state index in [9.17, 15) is 23.1 Å². The minimum absolute atomic E-state index is 0.153. The van der Waals surface area contributed by atoms with E-state index in [4.69, 9.17) is 4.74 Å². The van der Waals surface area contributed by atoms with Crippen LogP contribution in [0.25, 0.3) is 0 Å². The molecule has 0 heterocycles. The van der Waals surface area contributed by atoms with Crippen molar-refractivity contribution in [3.05, 3.63) is 35.4 Å². The minimum atomic E-state index is -4.42. The van der Waals surface area contributed by atoms with Gasteiger partial charge in [0.1, 0.15) is 5.60 Å². The number of alkyl carbamates (subject to hydrolysis) is 1. The Bertz CT molecular complexity index is 478. The van der Waals surface area contributed by atoms with E-state index in [2.05, 4.69) is 5.32 Å². The maximum Gasteiger partial charge on any atom is 0.416 e. The van der Waals surface area contributed by atoms with Crippen LogP contribution in [0.5, 0.6) is 0 Å². The first-order valence-electron chi connectivity index (χ1n) is 6.31. The SMILES string of the molecule is CC(C)(C)OC(=O)NCC(O)c1ccc(C(F)(F)F)cc1. The molecule has 1 aromatic carbocycles. The van der Waals surface area contributed by atoms with Crippen LogP contribution < -0.4 is 5.32 Å². The fourth-order valence-corrected chi connectivity index (χ4v) is 1.51. The summed E-state index contributed by atoms with van der Waals surface area (Å²) in [4.78, 5) is 11.4. The fourth-order valence-electron chi connectivity index (χ4n) is 1.51. The van der Waals surface area contributed by atoms with E-state index in [0.29, 0.717) is 0 Å². The quantitative estimate of drug-likeness (QED) is 0.901. The van der Waals surface area contributed by atoms with Crippen LogP contribution in [-0.2, 0) is 10.9 Å². The van der Waals surface area contributed by atoms with Gasteiger partial charge >= 0.3 is 12.3 Å². The Balaban J connectivity index is 2.56. The van der Waals surface area contributed by atoms with E-state index in [1.54, 1.807) is 20.8 Å². The Labute approximate surface area is 120 Å². The van der Waals surface area contributed by atoms with Crippen molar-refractivity contribution >= 4 is 6.09 Å². The molecule has 0 aliphatic heterocycles. The summed E-state index contributed by atoms with van der Waals surface area (Å²) in [7, 11) is 0. The summed E-state index contributed by atoms with van der Waals surface area (Å²) in [6.45, 7) is 4.93. The Morgan fingerprint density at radius 3 is 2.19 bits per heavy atom. The highest BCUT2D eigenvalue weighted by molar-refractivity contribution is 5.67. The molecule has 1 unspecified atom stereocenters. The van der Waals surface area contributed by atoms with E-state index in [1.165, 1.54) is 12.1 Å². The van der Waals surface area contributed by atoms with Crippen molar-refractivity contribution in [3.8, 4) is 0 Å². The standard InChI is InChI=1S/C14H18F3NO3/c1-13(2,3)21-12(20)18-8-11(19)9-4-6-10(7-5-9)14(15,16)17/h4-7,11,19H,8H2,1-3H3,(H,18,20). The fraction of sp³-hybridized carbons (Fsp3) is 0.500. The molecule has 2 N–H and O–H groups in total.